The van der Waals surface area contributed by atoms with Crippen LogP contribution in [0.3, 0.4) is 0 Å². The zero-order chi connectivity index (χ0) is 15.5. The largest absolute Gasteiger partial charge is 0.508 e. The van der Waals surface area contributed by atoms with E-state index in [1.54, 1.807) is 12.1 Å². The second-order valence-corrected chi connectivity index (χ2v) is 5.20. The summed E-state index contributed by atoms with van der Waals surface area (Å²) >= 11 is 5.96. The van der Waals surface area contributed by atoms with Gasteiger partial charge in [-0.1, -0.05) is 23.7 Å². The lowest BCUT2D eigenvalue weighted by molar-refractivity contribution is 0.111. The van der Waals surface area contributed by atoms with Crippen LogP contribution in [0, 0.1) is 0 Å². The van der Waals surface area contributed by atoms with Crippen molar-refractivity contribution < 1.29 is 14.6 Å². The number of rotatable bonds is 4. The maximum atomic E-state index is 11.0. The fourth-order valence-corrected chi connectivity index (χ4v) is 2.29. The summed E-state index contributed by atoms with van der Waals surface area (Å²) in [6.07, 6.45) is 0.642. The first-order chi connectivity index (χ1) is 10.7. The molecule has 0 fully saturated rings. The summed E-state index contributed by atoms with van der Waals surface area (Å²) in [5, 5.41) is 11.0. The quantitative estimate of drug-likeness (QED) is 0.740. The van der Waals surface area contributed by atoms with Gasteiger partial charge in [0.15, 0.2) is 6.29 Å². The van der Waals surface area contributed by atoms with Crippen LogP contribution < -0.4 is 4.74 Å². The summed E-state index contributed by atoms with van der Waals surface area (Å²) in [5.41, 5.74) is 1.80. The third kappa shape index (κ3) is 3.02. The molecule has 0 saturated carbocycles. The number of carbonyl (C=O) groups is 1. The molecular formula is C17H12ClNO3. The number of nitrogens with zero attached hydrogens (tertiary/aromatic N) is 1. The van der Waals surface area contributed by atoms with Crippen molar-refractivity contribution in [3.05, 3.63) is 64.8 Å². The lowest BCUT2D eigenvalue weighted by atomic mass is 10.2. The number of pyridine rings is 1. The molecule has 0 atom stereocenters. The van der Waals surface area contributed by atoms with Gasteiger partial charge < -0.3 is 9.84 Å². The molecule has 0 unspecified atom stereocenters. The average molecular weight is 314 g/mol. The first kappa shape index (κ1) is 14.4. The number of aldehydes is 1. The highest BCUT2D eigenvalue weighted by Crippen LogP contribution is 2.23. The summed E-state index contributed by atoms with van der Waals surface area (Å²) in [4.78, 5) is 15.5. The number of carbonyl (C=O) groups excluding carboxylic acids is 1. The molecular weight excluding hydrogens is 302 g/mol. The number of halogens is 1. The molecule has 3 rings (SSSR count). The number of hydrogen-bond donors (Lipinski definition) is 1. The predicted molar refractivity (Wildman–Crippen MR) is 84.6 cm³/mol. The van der Waals surface area contributed by atoms with Gasteiger partial charge in [0.05, 0.1) is 16.8 Å². The van der Waals surface area contributed by atoms with E-state index in [9.17, 15) is 9.90 Å². The van der Waals surface area contributed by atoms with Crippen LogP contribution in [-0.4, -0.2) is 16.4 Å². The van der Waals surface area contributed by atoms with Crippen LogP contribution in [0.5, 0.6) is 11.5 Å². The fraction of sp³-hybridized carbons (Fsp3) is 0.0588. The SMILES string of the molecule is O=Cc1cc(O)ccc1OCc1ccc2ccc(Cl)cc2n1. The highest BCUT2D eigenvalue weighted by Gasteiger charge is 2.06. The molecule has 0 aliphatic rings. The molecule has 5 heteroatoms. The number of fused-ring (bicyclic) bond motifs is 1. The smallest absolute Gasteiger partial charge is 0.153 e. The fourth-order valence-electron chi connectivity index (χ4n) is 2.12. The minimum Gasteiger partial charge on any atom is -0.508 e. The number of ether oxygens (including phenoxy) is 1. The van der Waals surface area contributed by atoms with Crippen LogP contribution in [0.1, 0.15) is 16.1 Å². The first-order valence-electron chi connectivity index (χ1n) is 6.62. The number of aromatic hydroxyl groups is 1. The van der Waals surface area contributed by atoms with E-state index in [1.165, 1.54) is 12.1 Å². The van der Waals surface area contributed by atoms with E-state index in [1.807, 2.05) is 24.3 Å². The molecule has 2 aromatic carbocycles. The Hall–Kier alpha value is -2.59. The van der Waals surface area contributed by atoms with Gasteiger partial charge in [0.25, 0.3) is 0 Å². The number of aromatic nitrogens is 1. The third-order valence-electron chi connectivity index (χ3n) is 3.21. The Morgan fingerprint density at radius 1 is 1.14 bits per heavy atom. The Kier molecular flexibility index (Phi) is 3.94. The van der Waals surface area contributed by atoms with E-state index in [0.717, 1.165) is 16.6 Å². The zero-order valence-electron chi connectivity index (χ0n) is 11.5. The summed E-state index contributed by atoms with van der Waals surface area (Å²) in [6.45, 7) is 0.216. The van der Waals surface area contributed by atoms with Crippen molar-refractivity contribution >= 4 is 28.8 Å². The molecule has 3 aromatic rings. The second-order valence-electron chi connectivity index (χ2n) is 4.77. The van der Waals surface area contributed by atoms with Crippen molar-refractivity contribution in [1.82, 2.24) is 4.98 Å². The molecule has 4 nitrogen and oxygen atoms in total. The van der Waals surface area contributed by atoms with Gasteiger partial charge in [0.1, 0.15) is 18.1 Å². The van der Waals surface area contributed by atoms with Crippen LogP contribution in [0.15, 0.2) is 48.5 Å². The first-order valence-corrected chi connectivity index (χ1v) is 7.00. The Balaban J connectivity index is 1.83. The van der Waals surface area contributed by atoms with Gasteiger partial charge in [0.2, 0.25) is 0 Å². The van der Waals surface area contributed by atoms with Gasteiger partial charge in [-0.3, -0.25) is 4.79 Å². The van der Waals surface area contributed by atoms with E-state index in [-0.39, 0.29) is 12.4 Å². The van der Waals surface area contributed by atoms with Gasteiger partial charge in [-0.2, -0.15) is 0 Å². The molecule has 1 N–H and O–H groups in total. The number of benzene rings is 2. The minimum atomic E-state index is 0.0212. The van der Waals surface area contributed by atoms with Gasteiger partial charge >= 0.3 is 0 Å². The van der Waals surface area contributed by atoms with E-state index in [2.05, 4.69) is 4.98 Å². The standard InChI is InChI=1S/C17H12ClNO3/c18-13-3-1-11-2-4-14(19-16(11)8-13)10-22-17-6-5-15(21)7-12(17)9-20/h1-9,21H,10H2. The van der Waals surface area contributed by atoms with E-state index >= 15 is 0 Å². The van der Waals surface area contributed by atoms with Crippen LogP contribution >= 0.6 is 11.6 Å². The molecule has 22 heavy (non-hydrogen) atoms. The summed E-state index contributed by atoms with van der Waals surface area (Å²) in [7, 11) is 0. The average Bonchev–Trinajstić information content (AvgIpc) is 2.53. The molecule has 110 valence electrons. The van der Waals surface area contributed by atoms with Crippen LogP contribution in [0.25, 0.3) is 10.9 Å². The molecule has 0 aliphatic carbocycles. The molecule has 1 heterocycles. The molecule has 0 saturated heterocycles. The molecule has 0 spiro atoms. The van der Waals surface area contributed by atoms with E-state index in [4.69, 9.17) is 16.3 Å². The summed E-state index contributed by atoms with van der Waals surface area (Å²) in [5.74, 6) is 0.425. The Morgan fingerprint density at radius 2 is 1.95 bits per heavy atom. The predicted octanol–water partition coefficient (Wildman–Crippen LogP) is 3.99. The van der Waals surface area contributed by atoms with E-state index in [0.29, 0.717) is 22.6 Å². The topological polar surface area (TPSA) is 59.4 Å². The number of phenols is 1. The lowest BCUT2D eigenvalue weighted by Gasteiger charge is -2.09. The normalized spacial score (nSPS) is 10.6. The Bertz CT molecular complexity index is 848. The zero-order valence-corrected chi connectivity index (χ0v) is 12.2. The van der Waals surface area contributed by atoms with Gasteiger partial charge in [-0.05, 0) is 36.4 Å². The monoisotopic (exact) mass is 313 g/mol. The molecule has 0 radical (unpaired) electrons. The highest BCUT2D eigenvalue weighted by atomic mass is 35.5. The van der Waals surface area contributed by atoms with Crippen LogP contribution in [-0.2, 0) is 6.61 Å². The molecule has 0 bridgehead atoms. The maximum absolute atomic E-state index is 11.0. The van der Waals surface area contributed by atoms with Crippen LogP contribution in [0.4, 0.5) is 0 Å². The van der Waals surface area contributed by atoms with E-state index < -0.39 is 0 Å². The Labute approximate surface area is 131 Å². The van der Waals surface area contributed by atoms with Crippen LogP contribution in [0.2, 0.25) is 5.02 Å². The Morgan fingerprint density at radius 3 is 2.77 bits per heavy atom. The van der Waals surface area contributed by atoms with Crippen molar-refractivity contribution in [3.8, 4) is 11.5 Å². The van der Waals surface area contributed by atoms with Crippen molar-refractivity contribution in [2.45, 2.75) is 6.61 Å². The number of hydrogen-bond acceptors (Lipinski definition) is 4. The lowest BCUT2D eigenvalue weighted by Crippen LogP contribution is -2.00. The maximum Gasteiger partial charge on any atom is 0.153 e. The molecule has 1 aromatic heterocycles. The number of phenolic OH excluding ortho intramolecular Hbond substituents is 1. The van der Waals surface area contributed by atoms with Crippen molar-refractivity contribution in [2.24, 2.45) is 0 Å². The molecule has 0 amide bonds. The van der Waals surface area contributed by atoms with Crippen molar-refractivity contribution in [1.29, 1.82) is 0 Å². The highest BCUT2D eigenvalue weighted by molar-refractivity contribution is 6.31. The van der Waals surface area contributed by atoms with Crippen molar-refractivity contribution in [3.63, 3.8) is 0 Å². The summed E-state index contributed by atoms with van der Waals surface area (Å²) in [6, 6.07) is 13.7. The summed E-state index contributed by atoms with van der Waals surface area (Å²) < 4.78 is 5.61. The van der Waals surface area contributed by atoms with Crippen molar-refractivity contribution in [2.75, 3.05) is 0 Å². The third-order valence-corrected chi connectivity index (χ3v) is 3.44. The van der Waals surface area contributed by atoms with Gasteiger partial charge in [0, 0.05) is 10.4 Å². The van der Waals surface area contributed by atoms with Gasteiger partial charge in [-0.25, -0.2) is 4.98 Å². The van der Waals surface area contributed by atoms with Gasteiger partial charge in [-0.15, -0.1) is 0 Å². The minimum absolute atomic E-state index is 0.0212. The molecule has 0 aliphatic heterocycles. The second kappa shape index (κ2) is 6.03.